The van der Waals surface area contributed by atoms with E-state index in [4.69, 9.17) is 5.73 Å². The molecule has 0 aromatic carbocycles. The Morgan fingerprint density at radius 3 is 2.71 bits per heavy atom. The lowest BCUT2D eigenvalue weighted by Gasteiger charge is -2.14. The maximum Gasteiger partial charge on any atom is 0.245 e. The van der Waals surface area contributed by atoms with Crippen LogP contribution in [0.3, 0.4) is 0 Å². The Morgan fingerprint density at radius 2 is 2.14 bits per heavy atom. The quantitative estimate of drug-likeness (QED) is 0.734. The molecule has 2 aromatic rings. The first-order chi connectivity index (χ1) is 9.79. The first-order valence-electron chi connectivity index (χ1n) is 5.90. The van der Waals surface area contributed by atoms with Gasteiger partial charge in [0.15, 0.2) is 5.82 Å². The Labute approximate surface area is 131 Å². The van der Waals surface area contributed by atoms with Gasteiger partial charge in [-0.1, -0.05) is 0 Å². The highest BCUT2D eigenvalue weighted by molar-refractivity contribution is 9.10. The lowest BCUT2D eigenvalue weighted by molar-refractivity contribution is 0.399. The number of halogens is 1. The van der Waals surface area contributed by atoms with E-state index < -0.39 is 10.0 Å². The van der Waals surface area contributed by atoms with Gasteiger partial charge in [0, 0.05) is 6.20 Å². The van der Waals surface area contributed by atoms with E-state index in [0.717, 1.165) is 0 Å². The van der Waals surface area contributed by atoms with E-state index in [1.165, 1.54) is 16.9 Å². The number of anilines is 1. The van der Waals surface area contributed by atoms with Gasteiger partial charge in [0.1, 0.15) is 4.90 Å². The monoisotopic (exact) mass is 374 g/mol. The van der Waals surface area contributed by atoms with Crippen molar-refractivity contribution in [3.63, 3.8) is 0 Å². The normalized spacial score (nSPS) is 12.0. The van der Waals surface area contributed by atoms with E-state index in [-0.39, 0.29) is 23.1 Å². The maximum absolute atomic E-state index is 12.4. The third-order valence-corrected chi connectivity index (χ3v) is 4.28. The maximum atomic E-state index is 12.4. The zero-order valence-corrected chi connectivity index (χ0v) is 13.9. The van der Waals surface area contributed by atoms with Crippen LogP contribution in [0.1, 0.15) is 0 Å². The summed E-state index contributed by atoms with van der Waals surface area (Å²) in [4.78, 5) is 5.75. The summed E-state index contributed by atoms with van der Waals surface area (Å²) < 4.78 is 29.4. The van der Waals surface area contributed by atoms with E-state index in [2.05, 4.69) is 30.7 Å². The largest absolute Gasteiger partial charge is 0.397 e. The molecule has 0 spiro atoms. The van der Waals surface area contributed by atoms with Crippen LogP contribution >= 0.6 is 15.9 Å². The molecule has 21 heavy (non-hydrogen) atoms. The molecule has 0 saturated carbocycles. The summed E-state index contributed by atoms with van der Waals surface area (Å²) in [5, 5.41) is 4.05. The molecule has 8 nitrogen and oxygen atoms in total. The van der Waals surface area contributed by atoms with Crippen molar-refractivity contribution in [2.45, 2.75) is 4.90 Å². The molecule has 0 radical (unpaired) electrons. The second-order valence-corrected chi connectivity index (χ2v) is 7.23. The highest BCUT2D eigenvalue weighted by Crippen LogP contribution is 2.21. The molecule has 0 saturated heterocycles. The molecular weight excluding hydrogens is 360 g/mol. The lowest BCUT2D eigenvalue weighted by Crippen LogP contribution is -2.33. The first kappa shape index (κ1) is 15.9. The number of nitrogen functional groups attached to an aromatic ring is 1. The molecule has 0 fully saturated rings. The van der Waals surface area contributed by atoms with Crippen molar-refractivity contribution in [1.82, 2.24) is 24.4 Å². The number of nitrogens with two attached hydrogens (primary N) is 1. The summed E-state index contributed by atoms with van der Waals surface area (Å²) >= 11 is 3.26. The predicted octanol–water partition coefficient (Wildman–Crippen LogP) is 0.409. The number of nitrogens with zero attached hydrogens (tertiary/aromatic N) is 4. The minimum atomic E-state index is -3.76. The van der Waals surface area contributed by atoms with E-state index in [1.54, 1.807) is 31.4 Å². The number of aromatic nitrogens is 3. The van der Waals surface area contributed by atoms with Gasteiger partial charge in [-0.15, -0.1) is 0 Å². The summed E-state index contributed by atoms with van der Waals surface area (Å²) in [6, 6.07) is 1.36. The van der Waals surface area contributed by atoms with Crippen LogP contribution in [0.5, 0.6) is 0 Å². The van der Waals surface area contributed by atoms with Gasteiger partial charge >= 0.3 is 0 Å². The van der Waals surface area contributed by atoms with Gasteiger partial charge in [0.25, 0.3) is 0 Å². The molecule has 0 aliphatic rings. The van der Waals surface area contributed by atoms with E-state index in [0.29, 0.717) is 4.47 Å². The molecule has 114 valence electrons. The van der Waals surface area contributed by atoms with Crippen molar-refractivity contribution in [3.8, 4) is 5.82 Å². The number of hydrogen-bond acceptors (Lipinski definition) is 6. The van der Waals surface area contributed by atoms with E-state index in [9.17, 15) is 8.42 Å². The fraction of sp³-hybridized carbons (Fsp3) is 0.273. The van der Waals surface area contributed by atoms with Crippen LogP contribution in [0.25, 0.3) is 5.82 Å². The third kappa shape index (κ3) is 3.79. The van der Waals surface area contributed by atoms with Crippen LogP contribution in [-0.2, 0) is 10.0 Å². The van der Waals surface area contributed by atoms with Gasteiger partial charge in [0.2, 0.25) is 10.0 Å². The average Bonchev–Trinajstić information content (AvgIpc) is 2.83. The van der Waals surface area contributed by atoms with Gasteiger partial charge in [-0.25, -0.2) is 18.1 Å². The second-order valence-electron chi connectivity index (χ2n) is 4.58. The number of nitrogens with one attached hydrogen (secondary N) is 1. The molecule has 2 rings (SSSR count). The summed E-state index contributed by atoms with van der Waals surface area (Å²) in [6.45, 7) is 0.166. The van der Waals surface area contributed by atoms with Crippen molar-refractivity contribution in [3.05, 3.63) is 29.1 Å². The number of hydrogen-bond donors (Lipinski definition) is 2. The Bertz CT molecular complexity index is 743. The molecule has 3 N–H and O–H groups in total. The Hall–Kier alpha value is -1.49. The molecule has 0 aliphatic carbocycles. The highest BCUT2D eigenvalue weighted by atomic mass is 79.9. The van der Waals surface area contributed by atoms with Gasteiger partial charge in [-0.2, -0.15) is 9.82 Å². The molecule has 2 aromatic heterocycles. The number of rotatable bonds is 5. The SMILES string of the molecule is CN(C)CNS(=O)(=O)c1cc(N)cnc1-n1cc(Br)cn1. The van der Waals surface area contributed by atoms with Crippen LogP contribution in [0.15, 0.2) is 34.0 Å². The van der Waals surface area contributed by atoms with Crippen molar-refractivity contribution >= 4 is 31.6 Å². The number of sulfonamides is 1. The second kappa shape index (κ2) is 6.10. The first-order valence-corrected chi connectivity index (χ1v) is 8.17. The van der Waals surface area contributed by atoms with Gasteiger partial charge in [-0.05, 0) is 36.1 Å². The molecule has 0 bridgehead atoms. The van der Waals surface area contributed by atoms with Crippen LogP contribution in [-0.4, -0.2) is 48.8 Å². The standard InChI is InChI=1S/C11H15BrN6O2S/c1-17(2)7-16-21(19,20)10-3-9(13)5-14-11(10)18-6-8(12)4-15-18/h3-6,16H,7,13H2,1-2H3. The zero-order valence-electron chi connectivity index (χ0n) is 11.5. The summed E-state index contributed by atoms with van der Waals surface area (Å²) in [5.41, 5.74) is 5.92. The van der Waals surface area contributed by atoms with Crippen LogP contribution in [0, 0.1) is 0 Å². The minimum absolute atomic E-state index is 0.0278. The Balaban J connectivity index is 2.49. The van der Waals surface area contributed by atoms with Crippen molar-refractivity contribution < 1.29 is 8.42 Å². The van der Waals surface area contributed by atoms with Crippen molar-refractivity contribution in [2.75, 3.05) is 26.5 Å². The fourth-order valence-electron chi connectivity index (χ4n) is 1.53. The van der Waals surface area contributed by atoms with E-state index >= 15 is 0 Å². The lowest BCUT2D eigenvalue weighted by atomic mass is 10.4. The molecule has 0 unspecified atom stereocenters. The molecular formula is C11H15BrN6O2S. The smallest absolute Gasteiger partial charge is 0.245 e. The molecule has 0 atom stereocenters. The Morgan fingerprint density at radius 1 is 1.43 bits per heavy atom. The minimum Gasteiger partial charge on any atom is -0.397 e. The van der Waals surface area contributed by atoms with Gasteiger partial charge in [0.05, 0.1) is 29.2 Å². The molecule has 10 heteroatoms. The zero-order chi connectivity index (χ0) is 15.6. The molecule has 0 amide bonds. The highest BCUT2D eigenvalue weighted by Gasteiger charge is 2.22. The third-order valence-electron chi connectivity index (χ3n) is 2.48. The Kier molecular flexibility index (Phi) is 4.61. The van der Waals surface area contributed by atoms with Gasteiger partial charge < -0.3 is 5.73 Å². The van der Waals surface area contributed by atoms with E-state index in [1.807, 2.05) is 0 Å². The van der Waals surface area contributed by atoms with Gasteiger partial charge in [-0.3, -0.25) is 4.90 Å². The molecule has 2 heterocycles. The van der Waals surface area contributed by atoms with Crippen molar-refractivity contribution in [1.29, 1.82) is 0 Å². The van der Waals surface area contributed by atoms with Crippen molar-refractivity contribution in [2.24, 2.45) is 0 Å². The number of pyridine rings is 1. The summed E-state index contributed by atoms with van der Waals surface area (Å²) in [5.74, 6) is 0.182. The predicted molar refractivity (Wildman–Crippen MR) is 82.3 cm³/mol. The summed E-state index contributed by atoms with van der Waals surface area (Å²) in [7, 11) is -0.246. The van der Waals surface area contributed by atoms with Crippen LogP contribution < -0.4 is 10.5 Å². The molecule has 0 aliphatic heterocycles. The van der Waals surface area contributed by atoms with Crippen LogP contribution in [0.2, 0.25) is 0 Å². The fourth-order valence-corrected chi connectivity index (χ4v) is 3.08. The topological polar surface area (TPSA) is 106 Å². The summed E-state index contributed by atoms with van der Waals surface area (Å²) in [6.07, 6.45) is 4.54. The van der Waals surface area contributed by atoms with Crippen LogP contribution in [0.4, 0.5) is 5.69 Å². The average molecular weight is 375 g/mol.